The molecule has 0 fully saturated rings. The molecule has 3 heterocycles. The Balaban J connectivity index is 1.94. The molecule has 5 nitrogen and oxygen atoms in total. The summed E-state index contributed by atoms with van der Waals surface area (Å²) >= 11 is 3.01. The Morgan fingerprint density at radius 1 is 1.29 bits per heavy atom. The molecule has 17 heavy (non-hydrogen) atoms. The zero-order valence-corrected chi connectivity index (χ0v) is 10.5. The van der Waals surface area contributed by atoms with Gasteiger partial charge >= 0.3 is 0 Å². The van der Waals surface area contributed by atoms with E-state index >= 15 is 0 Å². The van der Waals surface area contributed by atoms with Gasteiger partial charge in [-0.15, -0.1) is 21.5 Å². The molecule has 3 rings (SSSR count). The Labute approximate surface area is 105 Å². The van der Waals surface area contributed by atoms with Crippen molar-refractivity contribution < 1.29 is 4.42 Å². The van der Waals surface area contributed by atoms with Crippen LogP contribution in [0.15, 0.2) is 28.2 Å². The fraction of sp³-hybridized carbons (Fsp3) is 0.100. The van der Waals surface area contributed by atoms with Gasteiger partial charge in [0, 0.05) is 12.4 Å². The Morgan fingerprint density at radius 2 is 2.24 bits per heavy atom. The van der Waals surface area contributed by atoms with Crippen molar-refractivity contribution in [1.29, 1.82) is 0 Å². The molecule has 0 amide bonds. The highest BCUT2D eigenvalue weighted by Crippen LogP contribution is 2.31. The maximum Gasteiger partial charge on any atom is 0.205 e. The lowest BCUT2D eigenvalue weighted by Crippen LogP contribution is -1.84. The maximum atomic E-state index is 5.30. The Bertz CT molecular complexity index is 614. The number of hydrogen-bond acceptors (Lipinski definition) is 7. The van der Waals surface area contributed by atoms with Gasteiger partial charge in [0.15, 0.2) is 15.8 Å². The predicted molar refractivity (Wildman–Crippen MR) is 68.3 cm³/mol. The Kier molecular flexibility index (Phi) is 2.62. The minimum Gasteiger partial charge on any atom is -0.462 e. The monoisotopic (exact) mass is 264 g/mol. The zero-order chi connectivity index (χ0) is 11.7. The molecular weight excluding hydrogens is 256 g/mol. The summed E-state index contributed by atoms with van der Waals surface area (Å²) < 4.78 is 5.30. The van der Waals surface area contributed by atoms with E-state index in [9.17, 15) is 0 Å². The van der Waals surface area contributed by atoms with Crippen LogP contribution in [0.5, 0.6) is 0 Å². The van der Waals surface area contributed by atoms with Crippen molar-refractivity contribution in [3.05, 3.63) is 23.8 Å². The summed E-state index contributed by atoms with van der Waals surface area (Å²) in [5, 5.41) is 15.4. The largest absolute Gasteiger partial charge is 0.462 e. The fourth-order valence-corrected chi connectivity index (χ4v) is 2.82. The first-order valence-corrected chi connectivity index (χ1v) is 6.57. The highest BCUT2D eigenvalue weighted by molar-refractivity contribution is 7.19. The number of nitrogens with zero attached hydrogens (tertiary/aromatic N) is 3. The molecule has 1 N–H and O–H groups in total. The molecule has 0 radical (unpaired) electrons. The van der Waals surface area contributed by atoms with Gasteiger partial charge in [0.1, 0.15) is 5.69 Å². The van der Waals surface area contributed by atoms with E-state index in [4.69, 9.17) is 4.42 Å². The quantitative estimate of drug-likeness (QED) is 0.788. The zero-order valence-electron chi connectivity index (χ0n) is 8.88. The lowest BCUT2D eigenvalue weighted by atomic mass is 10.4. The summed E-state index contributed by atoms with van der Waals surface area (Å²) in [4.78, 5) is 4.48. The molecule has 0 saturated carbocycles. The van der Waals surface area contributed by atoms with Gasteiger partial charge in [-0.25, -0.2) is 4.98 Å². The number of furan rings is 1. The Morgan fingerprint density at radius 3 is 2.94 bits per heavy atom. The average Bonchev–Trinajstić information content (AvgIpc) is 3.09. The third kappa shape index (κ3) is 1.94. The molecule has 0 aromatic carbocycles. The molecule has 0 atom stereocenters. The number of rotatable bonds is 3. The van der Waals surface area contributed by atoms with Crippen LogP contribution in [0.2, 0.25) is 0 Å². The molecule has 3 aromatic heterocycles. The van der Waals surface area contributed by atoms with Gasteiger partial charge in [0.05, 0.1) is 6.26 Å². The maximum absolute atomic E-state index is 5.30. The molecule has 0 spiro atoms. The molecular formula is C10H8N4OS2. The van der Waals surface area contributed by atoms with Crippen molar-refractivity contribution >= 4 is 27.8 Å². The standard InChI is InChI=1S/C10H8N4OS2/c1-11-10-14-13-8(17-10)6-5-16-9(12-6)7-3-2-4-15-7/h2-5H,1H3,(H,11,14). The molecule has 0 aliphatic carbocycles. The van der Waals surface area contributed by atoms with Gasteiger partial charge in [-0.1, -0.05) is 11.3 Å². The number of hydrogen-bond donors (Lipinski definition) is 1. The van der Waals surface area contributed by atoms with Crippen molar-refractivity contribution in [2.45, 2.75) is 0 Å². The highest BCUT2D eigenvalue weighted by atomic mass is 32.1. The molecule has 0 bridgehead atoms. The Hall–Kier alpha value is -1.73. The normalized spacial score (nSPS) is 10.6. The second-order valence-corrected chi connectivity index (χ2v) is 5.01. The fourth-order valence-electron chi connectivity index (χ4n) is 1.31. The minimum absolute atomic E-state index is 0.777. The summed E-state index contributed by atoms with van der Waals surface area (Å²) in [6, 6.07) is 3.74. The molecule has 0 unspecified atom stereocenters. The van der Waals surface area contributed by atoms with E-state index in [-0.39, 0.29) is 0 Å². The van der Waals surface area contributed by atoms with Crippen LogP contribution in [0.1, 0.15) is 0 Å². The van der Waals surface area contributed by atoms with E-state index in [0.29, 0.717) is 0 Å². The lowest BCUT2D eigenvalue weighted by Gasteiger charge is -1.87. The van der Waals surface area contributed by atoms with Gasteiger partial charge in [0.2, 0.25) is 5.13 Å². The van der Waals surface area contributed by atoms with Gasteiger partial charge in [-0.2, -0.15) is 0 Å². The van der Waals surface area contributed by atoms with Crippen LogP contribution in [0.3, 0.4) is 0 Å². The van der Waals surface area contributed by atoms with Crippen LogP contribution in [-0.2, 0) is 0 Å². The summed E-state index contributed by atoms with van der Waals surface area (Å²) in [7, 11) is 1.82. The van der Waals surface area contributed by atoms with Crippen molar-refractivity contribution in [3.63, 3.8) is 0 Å². The van der Waals surface area contributed by atoms with E-state index in [1.807, 2.05) is 24.6 Å². The van der Waals surface area contributed by atoms with Gasteiger partial charge < -0.3 is 9.73 Å². The van der Waals surface area contributed by atoms with E-state index in [2.05, 4.69) is 20.5 Å². The van der Waals surface area contributed by atoms with Gasteiger partial charge in [0.25, 0.3) is 0 Å². The van der Waals surface area contributed by atoms with Crippen molar-refractivity contribution in [3.8, 4) is 21.5 Å². The molecule has 3 aromatic rings. The van der Waals surface area contributed by atoms with Crippen molar-refractivity contribution in [2.24, 2.45) is 0 Å². The lowest BCUT2D eigenvalue weighted by molar-refractivity contribution is 0.582. The van der Waals surface area contributed by atoms with Crippen molar-refractivity contribution in [1.82, 2.24) is 15.2 Å². The molecule has 0 aliphatic rings. The van der Waals surface area contributed by atoms with Crippen LogP contribution in [0, 0.1) is 0 Å². The van der Waals surface area contributed by atoms with Crippen LogP contribution in [0.25, 0.3) is 21.5 Å². The number of anilines is 1. The van der Waals surface area contributed by atoms with Crippen LogP contribution < -0.4 is 5.32 Å². The molecule has 0 aliphatic heterocycles. The SMILES string of the molecule is CNc1nnc(-c2csc(-c3ccco3)n2)s1. The first kappa shape index (κ1) is 10.4. The first-order chi connectivity index (χ1) is 8.36. The van der Waals surface area contributed by atoms with Gasteiger partial charge in [-0.3, -0.25) is 0 Å². The molecule has 0 saturated heterocycles. The van der Waals surface area contributed by atoms with Crippen LogP contribution in [0.4, 0.5) is 5.13 Å². The predicted octanol–water partition coefficient (Wildman–Crippen LogP) is 2.96. The topological polar surface area (TPSA) is 63.8 Å². The second-order valence-electron chi connectivity index (χ2n) is 3.18. The second kappa shape index (κ2) is 4.27. The van der Waals surface area contributed by atoms with Gasteiger partial charge in [-0.05, 0) is 12.1 Å². The summed E-state index contributed by atoms with van der Waals surface area (Å²) in [5.74, 6) is 0.777. The molecule has 7 heteroatoms. The summed E-state index contributed by atoms with van der Waals surface area (Å²) in [5.41, 5.74) is 0.834. The van der Waals surface area contributed by atoms with Crippen molar-refractivity contribution in [2.75, 3.05) is 12.4 Å². The number of nitrogens with one attached hydrogen (secondary N) is 1. The van der Waals surface area contributed by atoms with E-state index in [1.54, 1.807) is 6.26 Å². The average molecular weight is 264 g/mol. The summed E-state index contributed by atoms with van der Waals surface area (Å²) in [6.45, 7) is 0. The number of thiazole rings is 1. The number of aromatic nitrogens is 3. The van der Waals surface area contributed by atoms with Crippen LogP contribution in [-0.4, -0.2) is 22.2 Å². The molecule has 86 valence electrons. The third-order valence-electron chi connectivity index (χ3n) is 2.09. The highest BCUT2D eigenvalue weighted by Gasteiger charge is 2.12. The van der Waals surface area contributed by atoms with Crippen LogP contribution >= 0.6 is 22.7 Å². The third-order valence-corrected chi connectivity index (χ3v) is 3.91. The summed E-state index contributed by atoms with van der Waals surface area (Å²) in [6.07, 6.45) is 1.64. The first-order valence-electron chi connectivity index (χ1n) is 4.88. The minimum atomic E-state index is 0.777. The van der Waals surface area contributed by atoms with E-state index in [0.717, 1.165) is 26.6 Å². The smallest absolute Gasteiger partial charge is 0.205 e. The van der Waals surface area contributed by atoms with E-state index < -0.39 is 0 Å². The van der Waals surface area contributed by atoms with E-state index in [1.165, 1.54) is 22.7 Å².